The van der Waals surface area contributed by atoms with E-state index in [1.807, 2.05) is 31.3 Å². The lowest BCUT2D eigenvalue weighted by Gasteiger charge is -2.17. The van der Waals surface area contributed by atoms with Crippen LogP contribution in [0.15, 0.2) is 48.8 Å². The van der Waals surface area contributed by atoms with E-state index in [1.165, 1.54) is 5.39 Å². The van der Waals surface area contributed by atoms with Crippen molar-refractivity contribution in [1.29, 1.82) is 0 Å². The second kappa shape index (κ2) is 4.84. The fourth-order valence-electron chi connectivity index (χ4n) is 2.48. The number of H-pyrrole nitrogens is 1. The molecule has 0 fully saturated rings. The highest BCUT2D eigenvalue weighted by atomic mass is 15.2. The number of fused-ring (bicyclic) bond motifs is 1. The van der Waals surface area contributed by atoms with Crippen molar-refractivity contribution in [3.05, 3.63) is 65.6 Å². The molecule has 0 aliphatic rings. The van der Waals surface area contributed by atoms with Crippen LogP contribution in [0.2, 0.25) is 0 Å². The zero-order valence-corrected chi connectivity index (χ0v) is 10.7. The average molecular weight is 252 g/mol. The highest BCUT2D eigenvalue weighted by Crippen LogP contribution is 2.29. The van der Waals surface area contributed by atoms with Crippen molar-refractivity contribution in [3.8, 4) is 0 Å². The van der Waals surface area contributed by atoms with E-state index in [4.69, 9.17) is 5.84 Å². The van der Waals surface area contributed by atoms with Crippen LogP contribution in [0, 0.1) is 6.92 Å². The third-order valence-corrected chi connectivity index (χ3v) is 3.46. The number of hydrogen-bond donors (Lipinski definition) is 3. The van der Waals surface area contributed by atoms with Gasteiger partial charge in [0.25, 0.3) is 0 Å². The number of pyridine rings is 1. The third kappa shape index (κ3) is 2.01. The zero-order chi connectivity index (χ0) is 13.2. The van der Waals surface area contributed by atoms with Gasteiger partial charge in [-0.1, -0.05) is 24.3 Å². The van der Waals surface area contributed by atoms with E-state index < -0.39 is 0 Å². The fraction of sp³-hybridized carbons (Fsp3) is 0.133. The summed E-state index contributed by atoms with van der Waals surface area (Å²) in [6.45, 7) is 1.99. The van der Waals surface area contributed by atoms with Crippen LogP contribution in [-0.2, 0) is 0 Å². The summed E-state index contributed by atoms with van der Waals surface area (Å²) < 4.78 is 0. The topological polar surface area (TPSA) is 66.7 Å². The van der Waals surface area contributed by atoms with Crippen molar-refractivity contribution < 1.29 is 0 Å². The first-order valence-corrected chi connectivity index (χ1v) is 6.25. The zero-order valence-electron chi connectivity index (χ0n) is 10.7. The quantitative estimate of drug-likeness (QED) is 0.495. The molecule has 96 valence electrons. The number of aromatic amines is 1. The Bertz CT molecular complexity index is 702. The minimum absolute atomic E-state index is 0.0650. The van der Waals surface area contributed by atoms with Gasteiger partial charge in [0.15, 0.2) is 0 Å². The summed E-state index contributed by atoms with van der Waals surface area (Å²) in [6.07, 6.45) is 3.79. The number of hydrazine groups is 1. The number of aryl methyl sites for hydroxylation is 1. The number of nitrogens with zero attached hydrogens (tertiary/aromatic N) is 1. The molecule has 1 unspecified atom stereocenters. The van der Waals surface area contributed by atoms with Gasteiger partial charge < -0.3 is 4.98 Å². The van der Waals surface area contributed by atoms with Crippen LogP contribution < -0.4 is 11.3 Å². The van der Waals surface area contributed by atoms with Gasteiger partial charge in [-0.25, -0.2) is 5.43 Å². The lowest BCUT2D eigenvalue weighted by atomic mass is 9.98. The van der Waals surface area contributed by atoms with Crippen molar-refractivity contribution >= 4 is 10.9 Å². The van der Waals surface area contributed by atoms with Crippen LogP contribution in [0.1, 0.15) is 22.9 Å². The number of benzene rings is 1. The first kappa shape index (κ1) is 11.9. The van der Waals surface area contributed by atoms with Gasteiger partial charge in [-0.3, -0.25) is 10.8 Å². The summed E-state index contributed by atoms with van der Waals surface area (Å²) in [7, 11) is 0. The monoisotopic (exact) mass is 252 g/mol. The Hall–Kier alpha value is -2.17. The van der Waals surface area contributed by atoms with Crippen molar-refractivity contribution in [2.45, 2.75) is 13.0 Å². The molecule has 1 atom stereocenters. The SMILES string of the molecule is Cc1ncccc1C(NN)c1c[nH]c2ccccc12. The van der Waals surface area contributed by atoms with Gasteiger partial charge in [0, 0.05) is 34.6 Å². The number of aromatic nitrogens is 2. The molecule has 4 N–H and O–H groups in total. The molecule has 0 radical (unpaired) electrons. The number of nitrogens with two attached hydrogens (primary N) is 1. The lowest BCUT2D eigenvalue weighted by Crippen LogP contribution is -2.29. The Morgan fingerprint density at radius 1 is 1.16 bits per heavy atom. The Morgan fingerprint density at radius 2 is 2.00 bits per heavy atom. The van der Waals surface area contributed by atoms with Gasteiger partial charge in [0.2, 0.25) is 0 Å². The number of para-hydroxylation sites is 1. The molecule has 0 aliphatic carbocycles. The minimum Gasteiger partial charge on any atom is -0.361 e. The number of hydrogen-bond acceptors (Lipinski definition) is 3. The smallest absolute Gasteiger partial charge is 0.0748 e. The van der Waals surface area contributed by atoms with E-state index in [9.17, 15) is 0 Å². The van der Waals surface area contributed by atoms with E-state index in [0.29, 0.717) is 0 Å². The van der Waals surface area contributed by atoms with Gasteiger partial charge in [-0.05, 0) is 24.6 Å². The number of nitrogens with one attached hydrogen (secondary N) is 2. The molecule has 0 saturated carbocycles. The summed E-state index contributed by atoms with van der Waals surface area (Å²) in [5, 5.41) is 1.17. The van der Waals surface area contributed by atoms with Crippen molar-refractivity contribution in [2.24, 2.45) is 5.84 Å². The molecule has 2 aromatic heterocycles. The van der Waals surface area contributed by atoms with Crippen LogP contribution in [0.3, 0.4) is 0 Å². The molecule has 2 heterocycles. The normalized spacial score (nSPS) is 12.7. The Kier molecular flexibility index (Phi) is 3.03. The van der Waals surface area contributed by atoms with Gasteiger partial charge >= 0.3 is 0 Å². The maximum absolute atomic E-state index is 5.76. The lowest BCUT2D eigenvalue weighted by molar-refractivity contribution is 0.634. The van der Waals surface area contributed by atoms with E-state index in [2.05, 4.69) is 33.6 Å². The van der Waals surface area contributed by atoms with E-state index >= 15 is 0 Å². The predicted octanol–water partition coefficient (Wildman–Crippen LogP) is 2.42. The first-order chi connectivity index (χ1) is 9.31. The first-order valence-electron chi connectivity index (χ1n) is 6.25. The average Bonchev–Trinajstić information content (AvgIpc) is 2.86. The van der Waals surface area contributed by atoms with Crippen molar-refractivity contribution in [1.82, 2.24) is 15.4 Å². The Morgan fingerprint density at radius 3 is 2.79 bits per heavy atom. The van der Waals surface area contributed by atoms with Crippen LogP contribution >= 0.6 is 0 Å². The molecular formula is C15H16N4. The Labute approximate surface area is 111 Å². The molecular weight excluding hydrogens is 236 g/mol. The fourth-order valence-corrected chi connectivity index (χ4v) is 2.48. The standard InChI is InChI=1S/C15H16N4/c1-10-11(6-4-8-17-10)15(19-16)13-9-18-14-7-3-2-5-12(13)14/h2-9,15,18-19H,16H2,1H3. The van der Waals surface area contributed by atoms with Gasteiger partial charge in [-0.2, -0.15) is 0 Å². The molecule has 0 aliphatic heterocycles. The molecule has 4 heteroatoms. The highest BCUT2D eigenvalue weighted by Gasteiger charge is 2.18. The molecule has 3 rings (SSSR count). The van der Waals surface area contributed by atoms with Crippen LogP contribution in [-0.4, -0.2) is 9.97 Å². The largest absolute Gasteiger partial charge is 0.361 e. The second-order valence-electron chi connectivity index (χ2n) is 4.57. The maximum atomic E-state index is 5.76. The maximum Gasteiger partial charge on any atom is 0.0748 e. The molecule has 0 bridgehead atoms. The van der Waals surface area contributed by atoms with Gasteiger partial charge in [-0.15, -0.1) is 0 Å². The molecule has 19 heavy (non-hydrogen) atoms. The van der Waals surface area contributed by atoms with E-state index in [1.54, 1.807) is 6.20 Å². The van der Waals surface area contributed by atoms with Crippen molar-refractivity contribution in [3.63, 3.8) is 0 Å². The van der Waals surface area contributed by atoms with E-state index in [-0.39, 0.29) is 6.04 Å². The molecule has 0 saturated heterocycles. The summed E-state index contributed by atoms with van der Waals surface area (Å²) in [5.41, 5.74) is 7.21. The molecule has 4 nitrogen and oxygen atoms in total. The second-order valence-corrected chi connectivity index (χ2v) is 4.57. The summed E-state index contributed by atoms with van der Waals surface area (Å²) >= 11 is 0. The third-order valence-electron chi connectivity index (χ3n) is 3.46. The van der Waals surface area contributed by atoms with Crippen LogP contribution in [0.25, 0.3) is 10.9 Å². The van der Waals surface area contributed by atoms with Gasteiger partial charge in [0.05, 0.1) is 6.04 Å². The van der Waals surface area contributed by atoms with Crippen LogP contribution in [0.5, 0.6) is 0 Å². The van der Waals surface area contributed by atoms with Crippen molar-refractivity contribution in [2.75, 3.05) is 0 Å². The predicted molar refractivity (Wildman–Crippen MR) is 76.4 cm³/mol. The molecule has 0 amide bonds. The van der Waals surface area contributed by atoms with Crippen LogP contribution in [0.4, 0.5) is 0 Å². The highest BCUT2D eigenvalue weighted by molar-refractivity contribution is 5.84. The summed E-state index contributed by atoms with van der Waals surface area (Å²) in [5.74, 6) is 5.76. The number of rotatable bonds is 3. The van der Waals surface area contributed by atoms with Gasteiger partial charge in [0.1, 0.15) is 0 Å². The molecule has 3 aromatic rings. The van der Waals surface area contributed by atoms with E-state index in [0.717, 1.165) is 22.3 Å². The Balaban J connectivity index is 2.15. The summed E-state index contributed by atoms with van der Waals surface area (Å²) in [6, 6.07) is 12.1. The minimum atomic E-state index is -0.0650. The summed E-state index contributed by atoms with van der Waals surface area (Å²) in [4.78, 5) is 7.61. The molecule has 0 spiro atoms. The molecule has 1 aromatic carbocycles.